The van der Waals surface area contributed by atoms with Gasteiger partial charge in [0.15, 0.2) is 0 Å². The number of aromatic nitrogens is 2. The predicted octanol–water partition coefficient (Wildman–Crippen LogP) is 2.19. The topological polar surface area (TPSA) is 34.9 Å². The van der Waals surface area contributed by atoms with Gasteiger partial charge in [0.2, 0.25) is 0 Å². The van der Waals surface area contributed by atoms with Crippen molar-refractivity contribution in [3.05, 3.63) is 63.0 Å². The van der Waals surface area contributed by atoms with Gasteiger partial charge in [-0.05, 0) is 33.6 Å². The molecule has 0 aliphatic rings. The largest absolute Gasteiger partial charge is 0.295 e. The molecular formula is C11H8BrFN2O. The minimum absolute atomic E-state index is 0.129. The molecular weight excluding hydrogens is 275 g/mol. The van der Waals surface area contributed by atoms with Crippen LogP contribution in [0.15, 0.2) is 46.1 Å². The van der Waals surface area contributed by atoms with Gasteiger partial charge in [-0.1, -0.05) is 6.07 Å². The van der Waals surface area contributed by atoms with E-state index in [1.54, 1.807) is 12.1 Å². The van der Waals surface area contributed by atoms with Crippen molar-refractivity contribution in [3.8, 4) is 0 Å². The van der Waals surface area contributed by atoms with E-state index in [9.17, 15) is 9.18 Å². The molecule has 0 saturated carbocycles. The number of nitrogens with zero attached hydrogens (tertiary/aromatic N) is 2. The lowest BCUT2D eigenvalue weighted by molar-refractivity contribution is 0.619. The Morgan fingerprint density at radius 2 is 2.19 bits per heavy atom. The molecule has 1 aromatic heterocycles. The summed E-state index contributed by atoms with van der Waals surface area (Å²) in [6.07, 6.45) is 2.90. The zero-order valence-electron chi connectivity index (χ0n) is 8.23. The molecule has 3 nitrogen and oxygen atoms in total. The summed E-state index contributed by atoms with van der Waals surface area (Å²) in [7, 11) is 0. The molecule has 0 aliphatic carbocycles. The van der Waals surface area contributed by atoms with Crippen LogP contribution in [0, 0.1) is 5.82 Å². The number of halogens is 2. The predicted molar refractivity (Wildman–Crippen MR) is 61.7 cm³/mol. The third-order valence-electron chi connectivity index (χ3n) is 2.13. The third-order valence-corrected chi connectivity index (χ3v) is 2.74. The fraction of sp³-hybridized carbons (Fsp3) is 0.0909. The van der Waals surface area contributed by atoms with Crippen molar-refractivity contribution in [2.24, 2.45) is 0 Å². The monoisotopic (exact) mass is 282 g/mol. The summed E-state index contributed by atoms with van der Waals surface area (Å²) in [5.41, 5.74) is 0.707. The van der Waals surface area contributed by atoms with E-state index >= 15 is 0 Å². The van der Waals surface area contributed by atoms with E-state index in [4.69, 9.17) is 0 Å². The van der Waals surface area contributed by atoms with Crippen molar-refractivity contribution in [2.45, 2.75) is 6.54 Å². The van der Waals surface area contributed by atoms with Crippen LogP contribution in [-0.2, 0) is 6.54 Å². The van der Waals surface area contributed by atoms with E-state index in [1.165, 1.54) is 29.2 Å². The third kappa shape index (κ3) is 2.36. The highest BCUT2D eigenvalue weighted by Gasteiger charge is 2.02. The Balaban J connectivity index is 2.31. The summed E-state index contributed by atoms with van der Waals surface area (Å²) in [6.45, 7) is 0.381. The summed E-state index contributed by atoms with van der Waals surface area (Å²) < 4.78 is 14.8. The number of hydrogen-bond acceptors (Lipinski definition) is 2. The van der Waals surface area contributed by atoms with Crippen LogP contribution in [0.1, 0.15) is 5.56 Å². The zero-order chi connectivity index (χ0) is 11.5. The number of benzene rings is 1. The Morgan fingerprint density at radius 1 is 1.38 bits per heavy atom. The molecule has 16 heavy (non-hydrogen) atoms. The molecule has 1 heterocycles. The molecule has 1 aromatic carbocycles. The molecule has 2 aromatic rings. The molecule has 0 N–H and O–H groups in total. The highest BCUT2D eigenvalue weighted by atomic mass is 79.9. The van der Waals surface area contributed by atoms with Gasteiger partial charge in [-0.2, -0.15) is 0 Å². The van der Waals surface area contributed by atoms with Crippen LogP contribution in [0.5, 0.6) is 0 Å². The quantitative estimate of drug-likeness (QED) is 0.846. The molecule has 0 aliphatic heterocycles. The van der Waals surface area contributed by atoms with E-state index in [0.717, 1.165) is 5.56 Å². The molecule has 82 valence electrons. The first-order valence-electron chi connectivity index (χ1n) is 4.61. The Kier molecular flexibility index (Phi) is 3.14. The molecule has 0 atom stereocenters. The van der Waals surface area contributed by atoms with Crippen LogP contribution >= 0.6 is 15.9 Å². The van der Waals surface area contributed by atoms with Gasteiger partial charge >= 0.3 is 0 Å². The second-order valence-corrected chi connectivity index (χ2v) is 4.15. The molecule has 0 saturated heterocycles. The molecule has 0 bridgehead atoms. The standard InChI is InChI=1S/C11H8BrFN2O/c12-9-5-8(1-2-10(9)13)6-15-7-14-4-3-11(15)16/h1-5,7H,6H2. The van der Waals surface area contributed by atoms with Crippen molar-refractivity contribution in [1.29, 1.82) is 0 Å². The van der Waals surface area contributed by atoms with E-state index in [1.807, 2.05) is 0 Å². The first kappa shape index (κ1) is 11.0. The summed E-state index contributed by atoms with van der Waals surface area (Å²) >= 11 is 3.10. The Labute approximate surface area is 99.7 Å². The van der Waals surface area contributed by atoms with Crippen molar-refractivity contribution < 1.29 is 4.39 Å². The molecule has 0 unspecified atom stereocenters. The van der Waals surface area contributed by atoms with Crippen LogP contribution in [0.4, 0.5) is 4.39 Å². The zero-order valence-corrected chi connectivity index (χ0v) is 9.82. The summed E-state index contributed by atoms with van der Waals surface area (Å²) in [4.78, 5) is 15.3. The normalized spacial score (nSPS) is 10.4. The summed E-state index contributed by atoms with van der Waals surface area (Å²) in [5.74, 6) is -0.317. The van der Waals surface area contributed by atoms with Crippen LogP contribution in [0.25, 0.3) is 0 Å². The van der Waals surface area contributed by atoms with Gasteiger partial charge in [-0.15, -0.1) is 0 Å². The minimum Gasteiger partial charge on any atom is -0.295 e. The highest BCUT2D eigenvalue weighted by Crippen LogP contribution is 2.17. The fourth-order valence-corrected chi connectivity index (χ4v) is 1.76. The van der Waals surface area contributed by atoms with Crippen LogP contribution < -0.4 is 5.56 Å². The van der Waals surface area contributed by atoms with E-state index in [2.05, 4.69) is 20.9 Å². The Morgan fingerprint density at radius 3 is 2.88 bits per heavy atom. The molecule has 5 heteroatoms. The average molecular weight is 283 g/mol. The average Bonchev–Trinajstić information content (AvgIpc) is 2.27. The van der Waals surface area contributed by atoms with Gasteiger partial charge in [0.25, 0.3) is 5.56 Å². The lowest BCUT2D eigenvalue weighted by atomic mass is 10.2. The second-order valence-electron chi connectivity index (χ2n) is 3.29. The van der Waals surface area contributed by atoms with Crippen molar-refractivity contribution in [1.82, 2.24) is 9.55 Å². The maximum atomic E-state index is 13.0. The second kappa shape index (κ2) is 4.57. The molecule has 0 fully saturated rings. The molecule has 0 radical (unpaired) electrons. The number of hydrogen-bond donors (Lipinski definition) is 0. The van der Waals surface area contributed by atoms with E-state index in [0.29, 0.717) is 11.0 Å². The lowest BCUT2D eigenvalue weighted by Crippen LogP contribution is -2.19. The maximum Gasteiger partial charge on any atom is 0.253 e. The van der Waals surface area contributed by atoms with Crippen LogP contribution in [0.3, 0.4) is 0 Å². The van der Waals surface area contributed by atoms with E-state index in [-0.39, 0.29) is 11.4 Å². The van der Waals surface area contributed by atoms with Gasteiger partial charge < -0.3 is 0 Å². The fourth-order valence-electron chi connectivity index (χ4n) is 1.33. The Bertz CT molecular complexity index is 568. The minimum atomic E-state index is -0.317. The number of rotatable bonds is 2. The van der Waals surface area contributed by atoms with Gasteiger partial charge in [-0.3, -0.25) is 9.36 Å². The smallest absolute Gasteiger partial charge is 0.253 e. The van der Waals surface area contributed by atoms with Gasteiger partial charge in [0.05, 0.1) is 17.3 Å². The molecule has 0 spiro atoms. The van der Waals surface area contributed by atoms with Crippen molar-refractivity contribution in [2.75, 3.05) is 0 Å². The van der Waals surface area contributed by atoms with Gasteiger partial charge in [-0.25, -0.2) is 9.37 Å². The van der Waals surface area contributed by atoms with Gasteiger partial charge in [0, 0.05) is 12.3 Å². The first-order valence-corrected chi connectivity index (χ1v) is 5.40. The Hall–Kier alpha value is -1.49. The summed E-state index contributed by atoms with van der Waals surface area (Å²) in [6, 6.07) is 6.04. The SMILES string of the molecule is O=c1ccncn1Cc1ccc(F)c(Br)c1. The highest BCUT2D eigenvalue weighted by molar-refractivity contribution is 9.10. The first-order chi connectivity index (χ1) is 7.66. The molecule has 0 amide bonds. The van der Waals surface area contributed by atoms with Crippen LogP contribution in [0.2, 0.25) is 0 Å². The van der Waals surface area contributed by atoms with Crippen molar-refractivity contribution in [3.63, 3.8) is 0 Å². The summed E-state index contributed by atoms with van der Waals surface area (Å²) in [5, 5.41) is 0. The maximum absolute atomic E-state index is 13.0. The van der Waals surface area contributed by atoms with Crippen molar-refractivity contribution >= 4 is 15.9 Å². The molecule has 2 rings (SSSR count). The van der Waals surface area contributed by atoms with Crippen LogP contribution in [-0.4, -0.2) is 9.55 Å². The van der Waals surface area contributed by atoms with Gasteiger partial charge in [0.1, 0.15) is 5.82 Å². The van der Waals surface area contributed by atoms with E-state index < -0.39 is 0 Å². The lowest BCUT2D eigenvalue weighted by Gasteiger charge is -2.05.